The van der Waals surface area contributed by atoms with Crippen molar-refractivity contribution < 1.29 is 28.6 Å². The topological polar surface area (TPSA) is 78.9 Å². The molecule has 0 aromatic rings. The third-order valence-electron chi connectivity index (χ3n) is 13.3. The van der Waals surface area contributed by atoms with Gasteiger partial charge in [-0.3, -0.25) is 14.4 Å². The second kappa shape index (κ2) is 58.7. The molecule has 0 aromatic carbocycles. The van der Waals surface area contributed by atoms with Crippen LogP contribution in [0.1, 0.15) is 310 Å². The predicted octanol–water partition coefficient (Wildman–Crippen LogP) is 20.4. The van der Waals surface area contributed by atoms with E-state index in [0.717, 1.165) is 103 Å². The molecule has 406 valence electrons. The van der Waals surface area contributed by atoms with Crippen molar-refractivity contribution in [1.82, 2.24) is 0 Å². The molecule has 0 rings (SSSR count). The summed E-state index contributed by atoms with van der Waals surface area (Å²) < 4.78 is 16.9. The average molecular weight is 980 g/mol. The van der Waals surface area contributed by atoms with Crippen LogP contribution in [0.4, 0.5) is 0 Å². The lowest BCUT2D eigenvalue weighted by Gasteiger charge is -2.18. The van der Waals surface area contributed by atoms with E-state index < -0.39 is 6.10 Å². The van der Waals surface area contributed by atoms with Crippen LogP contribution < -0.4 is 0 Å². The van der Waals surface area contributed by atoms with Gasteiger partial charge in [0, 0.05) is 19.3 Å². The van der Waals surface area contributed by atoms with Gasteiger partial charge < -0.3 is 14.2 Å². The van der Waals surface area contributed by atoms with Crippen LogP contribution in [0.25, 0.3) is 0 Å². The molecule has 0 amide bonds. The Kier molecular flexibility index (Phi) is 56.3. The van der Waals surface area contributed by atoms with Crippen molar-refractivity contribution in [1.29, 1.82) is 0 Å². The van der Waals surface area contributed by atoms with Gasteiger partial charge >= 0.3 is 17.9 Å². The molecule has 0 N–H and O–H groups in total. The molecular formula is C64H114O6. The summed E-state index contributed by atoms with van der Waals surface area (Å²) in [6, 6.07) is 0. The summed E-state index contributed by atoms with van der Waals surface area (Å²) in [6.07, 6.45) is 73.6. The first-order valence-corrected chi connectivity index (χ1v) is 30.3. The van der Waals surface area contributed by atoms with Gasteiger partial charge in [0.2, 0.25) is 0 Å². The number of carbonyl (C=O) groups is 3. The maximum Gasteiger partial charge on any atom is 0.306 e. The first-order chi connectivity index (χ1) is 34.5. The molecule has 70 heavy (non-hydrogen) atoms. The molecule has 0 fully saturated rings. The zero-order valence-electron chi connectivity index (χ0n) is 46.5. The highest BCUT2D eigenvalue weighted by atomic mass is 16.6. The lowest BCUT2D eigenvalue weighted by Crippen LogP contribution is -2.30. The zero-order chi connectivity index (χ0) is 50.7. The summed E-state index contributed by atoms with van der Waals surface area (Å²) in [5.74, 6) is -0.902. The highest BCUT2D eigenvalue weighted by Crippen LogP contribution is 2.17. The summed E-state index contributed by atoms with van der Waals surface area (Å²) in [6.45, 7) is 6.53. The quantitative estimate of drug-likeness (QED) is 0.0261. The third-order valence-corrected chi connectivity index (χ3v) is 13.3. The summed E-state index contributed by atoms with van der Waals surface area (Å²) >= 11 is 0. The van der Waals surface area contributed by atoms with Crippen LogP contribution in [-0.4, -0.2) is 37.2 Å². The van der Waals surface area contributed by atoms with Crippen molar-refractivity contribution in [3.05, 3.63) is 60.8 Å². The standard InChI is InChI=1S/C64H114O6/c1-4-7-10-13-16-19-22-25-28-30-31-32-34-36-39-42-45-48-51-54-57-63(66)69-60-61(59-68-62(65)56-53-50-47-44-41-38-35-27-24-21-18-15-12-9-6-3)70-64(67)58-55-52-49-46-43-40-37-33-29-26-23-20-17-14-11-8-5-2/h8,11,17,20,26-27,29,35,37,40,61H,4-7,9-10,12-16,18-19,21-25,28,30-34,36,38-39,41-60H2,1-3H3/b11-8-,20-17-,29-26-,35-27-,40-37-. The second-order valence-electron chi connectivity index (χ2n) is 20.2. The summed E-state index contributed by atoms with van der Waals surface area (Å²) in [5.41, 5.74) is 0. The Morgan fingerprint density at radius 1 is 0.300 bits per heavy atom. The van der Waals surface area contributed by atoms with Gasteiger partial charge in [0.1, 0.15) is 13.2 Å². The number of ether oxygens (including phenoxy) is 3. The van der Waals surface area contributed by atoms with Crippen molar-refractivity contribution in [3.8, 4) is 0 Å². The molecule has 6 heteroatoms. The molecule has 0 aliphatic carbocycles. The number of hydrogen-bond acceptors (Lipinski definition) is 6. The molecule has 0 aliphatic heterocycles. The molecular weight excluding hydrogens is 865 g/mol. The first kappa shape index (κ1) is 67.1. The third kappa shape index (κ3) is 56.0. The lowest BCUT2D eigenvalue weighted by atomic mass is 10.0. The van der Waals surface area contributed by atoms with Crippen molar-refractivity contribution in [2.75, 3.05) is 13.2 Å². The molecule has 0 radical (unpaired) electrons. The minimum absolute atomic E-state index is 0.0840. The molecule has 6 nitrogen and oxygen atoms in total. The van der Waals surface area contributed by atoms with Crippen molar-refractivity contribution in [2.24, 2.45) is 0 Å². The summed E-state index contributed by atoms with van der Waals surface area (Å²) in [4.78, 5) is 38.2. The number of esters is 3. The first-order valence-electron chi connectivity index (χ1n) is 30.3. The Balaban J connectivity index is 4.38. The molecule has 1 unspecified atom stereocenters. The Morgan fingerprint density at radius 2 is 0.557 bits per heavy atom. The van der Waals surface area contributed by atoms with Crippen LogP contribution in [0.2, 0.25) is 0 Å². The van der Waals surface area contributed by atoms with E-state index in [1.807, 2.05) is 0 Å². The van der Waals surface area contributed by atoms with E-state index in [1.54, 1.807) is 0 Å². The van der Waals surface area contributed by atoms with Gasteiger partial charge in [-0.05, 0) is 83.5 Å². The Bertz CT molecular complexity index is 1260. The zero-order valence-corrected chi connectivity index (χ0v) is 46.5. The molecule has 0 bridgehead atoms. The van der Waals surface area contributed by atoms with Gasteiger partial charge in [-0.2, -0.15) is 0 Å². The monoisotopic (exact) mass is 979 g/mol. The van der Waals surface area contributed by atoms with E-state index in [4.69, 9.17) is 14.2 Å². The van der Waals surface area contributed by atoms with Crippen LogP contribution in [0.5, 0.6) is 0 Å². The normalized spacial score (nSPS) is 12.4. The fourth-order valence-corrected chi connectivity index (χ4v) is 8.72. The van der Waals surface area contributed by atoms with Gasteiger partial charge in [-0.1, -0.05) is 268 Å². The summed E-state index contributed by atoms with van der Waals surface area (Å²) in [5, 5.41) is 0. The minimum atomic E-state index is -0.789. The molecule has 1 atom stereocenters. The SMILES string of the molecule is CC/C=C\C/C=C\C/C=C\C/C=C\CCCCCCC(=O)OC(COC(=O)CCCCCCC/C=C\CCCCCCCC)COC(=O)CCCCCCCCCCCCCCCCCCCCCC. The number of unbranched alkanes of at least 4 members (excludes halogenated alkanes) is 34. The Morgan fingerprint density at radius 3 is 0.886 bits per heavy atom. The maximum atomic E-state index is 12.9. The highest BCUT2D eigenvalue weighted by Gasteiger charge is 2.19. The smallest absolute Gasteiger partial charge is 0.306 e. The minimum Gasteiger partial charge on any atom is -0.462 e. The molecule has 0 heterocycles. The maximum absolute atomic E-state index is 12.9. The number of rotatable bonds is 55. The van der Waals surface area contributed by atoms with Gasteiger partial charge in [0.05, 0.1) is 0 Å². The van der Waals surface area contributed by atoms with E-state index in [1.165, 1.54) is 167 Å². The van der Waals surface area contributed by atoms with Crippen LogP contribution >= 0.6 is 0 Å². The van der Waals surface area contributed by atoms with Crippen molar-refractivity contribution in [3.63, 3.8) is 0 Å². The van der Waals surface area contributed by atoms with Crippen LogP contribution in [0.3, 0.4) is 0 Å². The van der Waals surface area contributed by atoms with Crippen LogP contribution in [0.15, 0.2) is 60.8 Å². The lowest BCUT2D eigenvalue weighted by molar-refractivity contribution is -0.167. The summed E-state index contributed by atoms with van der Waals surface area (Å²) in [7, 11) is 0. The Labute approximate surface area is 434 Å². The number of allylic oxidation sites excluding steroid dienone is 10. The van der Waals surface area contributed by atoms with Crippen LogP contribution in [-0.2, 0) is 28.6 Å². The highest BCUT2D eigenvalue weighted by molar-refractivity contribution is 5.71. The predicted molar refractivity (Wildman–Crippen MR) is 302 cm³/mol. The largest absolute Gasteiger partial charge is 0.462 e. The average Bonchev–Trinajstić information content (AvgIpc) is 3.36. The molecule has 0 aromatic heterocycles. The van der Waals surface area contributed by atoms with E-state index in [2.05, 4.69) is 81.5 Å². The molecule has 0 saturated heterocycles. The van der Waals surface area contributed by atoms with E-state index in [9.17, 15) is 14.4 Å². The van der Waals surface area contributed by atoms with Crippen molar-refractivity contribution >= 4 is 17.9 Å². The van der Waals surface area contributed by atoms with Crippen molar-refractivity contribution in [2.45, 2.75) is 316 Å². The van der Waals surface area contributed by atoms with Gasteiger partial charge in [-0.15, -0.1) is 0 Å². The molecule has 0 aliphatic rings. The molecule has 0 spiro atoms. The second-order valence-corrected chi connectivity index (χ2v) is 20.2. The van der Waals surface area contributed by atoms with Gasteiger partial charge in [-0.25, -0.2) is 0 Å². The fraction of sp³-hybridized carbons (Fsp3) is 0.797. The number of carbonyl (C=O) groups excluding carboxylic acids is 3. The van der Waals surface area contributed by atoms with Gasteiger partial charge in [0.25, 0.3) is 0 Å². The van der Waals surface area contributed by atoms with E-state index in [-0.39, 0.29) is 31.1 Å². The van der Waals surface area contributed by atoms with Gasteiger partial charge in [0.15, 0.2) is 6.10 Å². The van der Waals surface area contributed by atoms with E-state index in [0.29, 0.717) is 19.3 Å². The fourth-order valence-electron chi connectivity index (χ4n) is 8.72. The van der Waals surface area contributed by atoms with Crippen LogP contribution in [0, 0.1) is 0 Å². The molecule has 0 saturated carbocycles. The van der Waals surface area contributed by atoms with E-state index >= 15 is 0 Å². The number of hydrogen-bond donors (Lipinski definition) is 0. The Hall–Kier alpha value is -2.89.